The van der Waals surface area contributed by atoms with E-state index in [1.807, 2.05) is 24.3 Å². The zero-order chi connectivity index (χ0) is 17.7. The lowest BCUT2D eigenvalue weighted by Gasteiger charge is -2.26. The van der Waals surface area contributed by atoms with E-state index in [0.29, 0.717) is 12.5 Å². The molecule has 24 heavy (non-hydrogen) atoms. The second-order valence-electron chi connectivity index (χ2n) is 7.29. The number of rotatable bonds is 7. The molecule has 0 aliphatic heterocycles. The van der Waals surface area contributed by atoms with Crippen molar-refractivity contribution in [2.24, 2.45) is 5.92 Å². The highest BCUT2D eigenvalue weighted by Gasteiger charge is 2.23. The molecule has 0 aliphatic carbocycles. The largest absolute Gasteiger partial charge is 0.508 e. The van der Waals surface area contributed by atoms with E-state index in [1.54, 1.807) is 12.1 Å². The van der Waals surface area contributed by atoms with Crippen LogP contribution in [-0.4, -0.2) is 22.9 Å². The van der Waals surface area contributed by atoms with Gasteiger partial charge < -0.3 is 14.9 Å². The van der Waals surface area contributed by atoms with Crippen molar-refractivity contribution in [2.45, 2.75) is 45.6 Å². The van der Waals surface area contributed by atoms with Crippen molar-refractivity contribution >= 4 is 0 Å². The van der Waals surface area contributed by atoms with Crippen LogP contribution in [0, 0.1) is 5.92 Å². The first-order valence-electron chi connectivity index (χ1n) is 8.50. The number of aliphatic hydroxyl groups excluding tert-OH is 1. The maximum atomic E-state index is 9.89. The van der Waals surface area contributed by atoms with Crippen LogP contribution < -0.4 is 4.74 Å². The van der Waals surface area contributed by atoms with E-state index >= 15 is 0 Å². The van der Waals surface area contributed by atoms with E-state index in [-0.39, 0.29) is 11.2 Å². The first-order chi connectivity index (χ1) is 11.3. The molecule has 0 amide bonds. The Hall–Kier alpha value is -2.00. The molecule has 2 N–H and O–H groups in total. The molecular formula is C21H28O3. The quantitative estimate of drug-likeness (QED) is 0.786. The van der Waals surface area contributed by atoms with E-state index in [4.69, 9.17) is 4.74 Å². The normalized spacial score (nSPS) is 13.1. The fraction of sp³-hybridized carbons (Fsp3) is 0.429. The molecule has 2 rings (SSSR count). The topological polar surface area (TPSA) is 49.7 Å². The van der Waals surface area contributed by atoms with Crippen LogP contribution in [0.15, 0.2) is 48.5 Å². The molecule has 130 valence electrons. The standard InChI is InChI=1S/C21H28O3/c1-15(2)13-19(23)14-24-20-11-7-17(8-12-20)21(3,4)16-5-9-18(22)10-6-16/h5-12,15,19,22-23H,13-14H2,1-4H3. The number of aliphatic hydroxyl groups is 1. The molecule has 0 fully saturated rings. The summed E-state index contributed by atoms with van der Waals surface area (Å²) in [5.74, 6) is 1.50. The number of phenols is 1. The number of phenolic OH excluding ortho intramolecular Hbond substituents is 1. The summed E-state index contributed by atoms with van der Waals surface area (Å²) in [6.45, 7) is 8.80. The summed E-state index contributed by atoms with van der Waals surface area (Å²) in [6, 6.07) is 15.3. The van der Waals surface area contributed by atoms with Gasteiger partial charge in [-0.2, -0.15) is 0 Å². The molecule has 3 heteroatoms. The van der Waals surface area contributed by atoms with Gasteiger partial charge in [0.25, 0.3) is 0 Å². The summed E-state index contributed by atoms with van der Waals surface area (Å²) in [6.07, 6.45) is 0.310. The molecule has 0 radical (unpaired) electrons. The van der Waals surface area contributed by atoms with Crippen molar-refractivity contribution in [1.29, 1.82) is 0 Å². The Labute approximate surface area is 144 Å². The first-order valence-corrected chi connectivity index (χ1v) is 8.50. The lowest BCUT2D eigenvalue weighted by Crippen LogP contribution is -2.20. The van der Waals surface area contributed by atoms with Gasteiger partial charge in [-0.05, 0) is 47.7 Å². The van der Waals surface area contributed by atoms with Crippen molar-refractivity contribution in [2.75, 3.05) is 6.61 Å². The van der Waals surface area contributed by atoms with Gasteiger partial charge in [0.1, 0.15) is 18.1 Å². The third kappa shape index (κ3) is 4.75. The molecule has 0 heterocycles. The van der Waals surface area contributed by atoms with E-state index < -0.39 is 6.10 Å². The lowest BCUT2D eigenvalue weighted by molar-refractivity contribution is 0.0892. The Morgan fingerprint density at radius 3 is 1.92 bits per heavy atom. The summed E-state index contributed by atoms with van der Waals surface area (Å²) >= 11 is 0. The van der Waals surface area contributed by atoms with Crippen LogP contribution in [0.1, 0.15) is 45.2 Å². The van der Waals surface area contributed by atoms with E-state index in [9.17, 15) is 10.2 Å². The van der Waals surface area contributed by atoms with Crippen LogP contribution in [0.4, 0.5) is 0 Å². The Balaban J connectivity index is 2.04. The van der Waals surface area contributed by atoms with Crippen LogP contribution in [0.2, 0.25) is 0 Å². The summed E-state index contributed by atoms with van der Waals surface area (Å²) in [5, 5.41) is 19.3. The molecule has 3 nitrogen and oxygen atoms in total. The lowest BCUT2D eigenvalue weighted by atomic mass is 9.78. The monoisotopic (exact) mass is 328 g/mol. The van der Waals surface area contributed by atoms with Crippen molar-refractivity contribution in [3.05, 3.63) is 59.7 Å². The molecule has 1 unspecified atom stereocenters. The second-order valence-corrected chi connectivity index (χ2v) is 7.29. The minimum atomic E-state index is -0.432. The summed E-state index contributed by atoms with van der Waals surface area (Å²) in [7, 11) is 0. The summed E-state index contributed by atoms with van der Waals surface area (Å²) in [4.78, 5) is 0. The van der Waals surface area contributed by atoms with Gasteiger partial charge in [-0.15, -0.1) is 0 Å². The van der Waals surface area contributed by atoms with Gasteiger partial charge in [0.15, 0.2) is 0 Å². The minimum absolute atomic E-state index is 0.163. The van der Waals surface area contributed by atoms with Gasteiger partial charge in [-0.25, -0.2) is 0 Å². The van der Waals surface area contributed by atoms with Gasteiger partial charge in [0.05, 0.1) is 6.10 Å². The summed E-state index contributed by atoms with van der Waals surface area (Å²) in [5.41, 5.74) is 2.15. The fourth-order valence-corrected chi connectivity index (χ4v) is 2.82. The highest BCUT2D eigenvalue weighted by atomic mass is 16.5. The van der Waals surface area contributed by atoms with Crippen molar-refractivity contribution in [3.63, 3.8) is 0 Å². The number of ether oxygens (including phenoxy) is 1. The van der Waals surface area contributed by atoms with Crippen molar-refractivity contribution in [3.8, 4) is 11.5 Å². The van der Waals surface area contributed by atoms with Crippen LogP contribution in [-0.2, 0) is 5.41 Å². The average molecular weight is 328 g/mol. The Kier molecular flexibility index (Phi) is 5.89. The van der Waals surface area contributed by atoms with E-state index in [0.717, 1.165) is 17.7 Å². The van der Waals surface area contributed by atoms with Crippen LogP contribution in [0.5, 0.6) is 11.5 Å². The number of hydrogen-bond donors (Lipinski definition) is 2. The van der Waals surface area contributed by atoms with Gasteiger partial charge in [0.2, 0.25) is 0 Å². The predicted molar refractivity (Wildman–Crippen MR) is 97.6 cm³/mol. The highest BCUT2D eigenvalue weighted by Crippen LogP contribution is 2.33. The number of hydrogen-bond acceptors (Lipinski definition) is 3. The number of aromatic hydroxyl groups is 1. The smallest absolute Gasteiger partial charge is 0.119 e. The van der Waals surface area contributed by atoms with Crippen LogP contribution in [0.25, 0.3) is 0 Å². The zero-order valence-corrected chi connectivity index (χ0v) is 15.0. The summed E-state index contributed by atoms with van der Waals surface area (Å²) < 4.78 is 5.67. The van der Waals surface area contributed by atoms with Crippen LogP contribution in [0.3, 0.4) is 0 Å². The molecule has 2 aromatic carbocycles. The number of benzene rings is 2. The zero-order valence-electron chi connectivity index (χ0n) is 15.0. The molecule has 0 saturated heterocycles. The Morgan fingerprint density at radius 1 is 0.917 bits per heavy atom. The third-order valence-electron chi connectivity index (χ3n) is 4.35. The van der Waals surface area contributed by atoms with Crippen molar-refractivity contribution < 1.29 is 14.9 Å². The second kappa shape index (κ2) is 7.71. The minimum Gasteiger partial charge on any atom is -0.508 e. The van der Waals surface area contributed by atoms with Gasteiger partial charge in [-0.3, -0.25) is 0 Å². The molecule has 0 aromatic heterocycles. The molecular weight excluding hydrogens is 300 g/mol. The molecule has 0 spiro atoms. The predicted octanol–water partition coefficient (Wildman–Crippen LogP) is 4.50. The maximum Gasteiger partial charge on any atom is 0.119 e. The maximum absolute atomic E-state index is 9.89. The molecule has 0 aliphatic rings. The van der Waals surface area contributed by atoms with E-state index in [1.165, 1.54) is 5.56 Å². The Morgan fingerprint density at radius 2 is 1.42 bits per heavy atom. The third-order valence-corrected chi connectivity index (χ3v) is 4.35. The van der Waals surface area contributed by atoms with E-state index in [2.05, 4.69) is 39.8 Å². The molecule has 0 saturated carbocycles. The molecule has 2 aromatic rings. The average Bonchev–Trinajstić information content (AvgIpc) is 2.53. The highest BCUT2D eigenvalue weighted by molar-refractivity contribution is 5.41. The van der Waals surface area contributed by atoms with Gasteiger partial charge in [-0.1, -0.05) is 52.0 Å². The Bertz CT molecular complexity index is 627. The fourth-order valence-electron chi connectivity index (χ4n) is 2.82. The SMILES string of the molecule is CC(C)CC(O)COc1ccc(C(C)(C)c2ccc(O)cc2)cc1. The molecule has 1 atom stereocenters. The molecule has 0 bridgehead atoms. The van der Waals surface area contributed by atoms with Crippen molar-refractivity contribution in [1.82, 2.24) is 0 Å². The van der Waals surface area contributed by atoms with Gasteiger partial charge >= 0.3 is 0 Å². The first kappa shape index (κ1) is 18.3. The van der Waals surface area contributed by atoms with Gasteiger partial charge in [0, 0.05) is 5.41 Å². The van der Waals surface area contributed by atoms with Crippen LogP contribution >= 0.6 is 0 Å².